The molecule has 1 aromatic rings. The Balaban J connectivity index is 1.93. The fraction of sp³-hybridized carbons (Fsp3) is 0.765. The number of carbonyl (C=O) groups excluding carboxylic acids is 1. The molecule has 0 bridgehead atoms. The van der Waals surface area contributed by atoms with E-state index in [1.807, 2.05) is 13.8 Å². The van der Waals surface area contributed by atoms with Crippen LogP contribution in [0.4, 0.5) is 0 Å². The topological polar surface area (TPSA) is 68.0 Å². The van der Waals surface area contributed by atoms with Gasteiger partial charge in [0.05, 0.1) is 24.0 Å². The van der Waals surface area contributed by atoms with Crippen molar-refractivity contribution in [3.63, 3.8) is 0 Å². The first-order valence-electron chi connectivity index (χ1n) is 8.28. The summed E-state index contributed by atoms with van der Waals surface area (Å²) in [5.41, 5.74) is 1.80. The van der Waals surface area contributed by atoms with E-state index >= 15 is 0 Å². The summed E-state index contributed by atoms with van der Waals surface area (Å²) in [6.07, 6.45) is -0.0656. The fourth-order valence-corrected chi connectivity index (χ4v) is 2.98. The van der Waals surface area contributed by atoms with Gasteiger partial charge in [-0.25, -0.2) is 0 Å². The van der Waals surface area contributed by atoms with Crippen LogP contribution in [0.25, 0.3) is 0 Å². The van der Waals surface area contributed by atoms with E-state index in [-0.39, 0.29) is 24.2 Å². The Morgan fingerprint density at radius 2 is 2.12 bits per heavy atom. The lowest BCUT2D eigenvalue weighted by molar-refractivity contribution is -0.161. The molecular formula is C17H29N3O4. The molecule has 2 rings (SSSR count). The van der Waals surface area contributed by atoms with Crippen molar-refractivity contribution >= 4 is 5.91 Å². The lowest BCUT2D eigenvalue weighted by Crippen LogP contribution is -2.53. The first-order chi connectivity index (χ1) is 11.2. The van der Waals surface area contributed by atoms with Crippen LogP contribution in [-0.4, -0.2) is 73.0 Å². The van der Waals surface area contributed by atoms with E-state index < -0.39 is 0 Å². The molecule has 136 valence electrons. The van der Waals surface area contributed by atoms with Gasteiger partial charge in [-0.05, 0) is 27.7 Å². The molecule has 1 fully saturated rings. The number of rotatable bonds is 6. The number of ether oxygens (including phenoxy) is 2. The number of aromatic nitrogens is 1. The number of amides is 1. The predicted octanol–water partition coefficient (Wildman–Crippen LogP) is 1.38. The zero-order valence-corrected chi connectivity index (χ0v) is 15.6. The molecule has 0 aromatic carbocycles. The summed E-state index contributed by atoms with van der Waals surface area (Å²) in [5.74, 6) is 0.818. The molecule has 0 saturated carbocycles. The van der Waals surface area contributed by atoms with Gasteiger partial charge in [0.2, 0.25) is 5.91 Å². The molecular weight excluding hydrogens is 310 g/mol. The van der Waals surface area contributed by atoms with Crippen molar-refractivity contribution in [3.05, 3.63) is 17.0 Å². The maximum absolute atomic E-state index is 11.6. The molecule has 0 radical (unpaired) electrons. The Labute approximate surface area is 143 Å². The third-order valence-electron chi connectivity index (χ3n) is 4.14. The van der Waals surface area contributed by atoms with Crippen LogP contribution in [0.15, 0.2) is 4.52 Å². The highest BCUT2D eigenvalue weighted by Crippen LogP contribution is 2.24. The summed E-state index contributed by atoms with van der Waals surface area (Å²) < 4.78 is 16.9. The van der Waals surface area contributed by atoms with Gasteiger partial charge in [0.15, 0.2) is 0 Å². The standard InChI is InChI=1S/C17H29N3O4/c1-12-15(13(2)24-18-12)8-20-7-14(23-17(3,4)11-20)9-22-10-16(21)19(5)6/h14H,7-11H2,1-6H3/t14-/m1/s1. The number of aryl methyl sites for hydroxylation is 2. The second-order valence-electron chi connectivity index (χ2n) is 7.28. The Morgan fingerprint density at radius 3 is 2.71 bits per heavy atom. The van der Waals surface area contributed by atoms with Gasteiger partial charge in [-0.2, -0.15) is 0 Å². The number of nitrogens with zero attached hydrogens (tertiary/aromatic N) is 3. The van der Waals surface area contributed by atoms with Crippen LogP contribution in [0.3, 0.4) is 0 Å². The van der Waals surface area contributed by atoms with E-state index in [1.54, 1.807) is 14.1 Å². The van der Waals surface area contributed by atoms with E-state index in [1.165, 1.54) is 4.90 Å². The maximum Gasteiger partial charge on any atom is 0.248 e. The summed E-state index contributed by atoms with van der Waals surface area (Å²) in [7, 11) is 3.44. The van der Waals surface area contributed by atoms with E-state index in [9.17, 15) is 4.79 Å². The predicted molar refractivity (Wildman–Crippen MR) is 89.7 cm³/mol. The monoisotopic (exact) mass is 339 g/mol. The number of morpholine rings is 1. The first kappa shape index (κ1) is 18.9. The van der Waals surface area contributed by atoms with Crippen molar-refractivity contribution in [1.82, 2.24) is 15.0 Å². The molecule has 0 unspecified atom stereocenters. The highest BCUT2D eigenvalue weighted by atomic mass is 16.6. The molecule has 0 N–H and O–H groups in total. The summed E-state index contributed by atoms with van der Waals surface area (Å²) >= 11 is 0. The highest BCUT2D eigenvalue weighted by Gasteiger charge is 2.34. The second kappa shape index (κ2) is 7.63. The summed E-state index contributed by atoms with van der Waals surface area (Å²) in [6.45, 7) is 10.9. The Bertz CT molecular complexity index is 549. The lowest BCUT2D eigenvalue weighted by atomic mass is 10.0. The smallest absolute Gasteiger partial charge is 0.248 e. The summed E-state index contributed by atoms with van der Waals surface area (Å²) in [4.78, 5) is 15.4. The quantitative estimate of drug-likeness (QED) is 0.780. The molecule has 1 amide bonds. The molecule has 0 spiro atoms. The summed E-state index contributed by atoms with van der Waals surface area (Å²) in [6, 6.07) is 0. The van der Waals surface area contributed by atoms with E-state index in [0.29, 0.717) is 6.61 Å². The van der Waals surface area contributed by atoms with E-state index in [0.717, 1.165) is 36.7 Å². The van der Waals surface area contributed by atoms with Crippen molar-refractivity contribution in [2.75, 3.05) is 40.4 Å². The van der Waals surface area contributed by atoms with Gasteiger partial charge >= 0.3 is 0 Å². The Morgan fingerprint density at radius 1 is 1.42 bits per heavy atom. The van der Waals surface area contributed by atoms with Crippen LogP contribution in [0, 0.1) is 13.8 Å². The van der Waals surface area contributed by atoms with Crippen LogP contribution < -0.4 is 0 Å². The number of hydrogen-bond acceptors (Lipinski definition) is 6. The Hall–Kier alpha value is -1.44. The number of likely N-dealkylation sites (N-methyl/N-ethyl adjacent to an activating group) is 1. The lowest BCUT2D eigenvalue weighted by Gasteiger charge is -2.42. The zero-order valence-electron chi connectivity index (χ0n) is 15.6. The average molecular weight is 339 g/mol. The van der Waals surface area contributed by atoms with Crippen molar-refractivity contribution in [1.29, 1.82) is 0 Å². The van der Waals surface area contributed by atoms with Gasteiger partial charge < -0.3 is 18.9 Å². The van der Waals surface area contributed by atoms with Crippen LogP contribution in [0.1, 0.15) is 30.9 Å². The third-order valence-corrected chi connectivity index (χ3v) is 4.14. The van der Waals surface area contributed by atoms with Crippen molar-refractivity contribution in [2.45, 2.75) is 45.9 Å². The molecule has 1 saturated heterocycles. The zero-order chi connectivity index (χ0) is 17.9. The number of hydrogen-bond donors (Lipinski definition) is 0. The maximum atomic E-state index is 11.6. The normalized spacial score (nSPS) is 21.0. The minimum atomic E-state index is -0.267. The van der Waals surface area contributed by atoms with Crippen molar-refractivity contribution < 1.29 is 18.8 Å². The van der Waals surface area contributed by atoms with Gasteiger partial charge in [0.25, 0.3) is 0 Å². The van der Waals surface area contributed by atoms with Gasteiger partial charge in [-0.1, -0.05) is 5.16 Å². The molecule has 7 heteroatoms. The molecule has 2 heterocycles. The number of carbonyl (C=O) groups is 1. The molecule has 1 aliphatic rings. The molecule has 7 nitrogen and oxygen atoms in total. The van der Waals surface area contributed by atoms with Gasteiger partial charge in [-0.3, -0.25) is 9.69 Å². The molecule has 0 aliphatic carbocycles. The van der Waals surface area contributed by atoms with E-state index in [2.05, 4.69) is 23.9 Å². The summed E-state index contributed by atoms with van der Waals surface area (Å²) in [5, 5.41) is 4.02. The molecule has 24 heavy (non-hydrogen) atoms. The van der Waals surface area contributed by atoms with Crippen LogP contribution >= 0.6 is 0 Å². The minimum absolute atomic E-state index is 0.0438. The van der Waals surface area contributed by atoms with Gasteiger partial charge in [0, 0.05) is 39.3 Å². The molecule has 1 atom stereocenters. The Kier molecular flexibility index (Phi) is 6.01. The van der Waals surface area contributed by atoms with Crippen molar-refractivity contribution in [2.24, 2.45) is 0 Å². The van der Waals surface area contributed by atoms with Gasteiger partial charge in [0.1, 0.15) is 12.4 Å². The third kappa shape index (κ3) is 5.03. The largest absolute Gasteiger partial charge is 0.369 e. The van der Waals surface area contributed by atoms with E-state index in [4.69, 9.17) is 14.0 Å². The fourth-order valence-electron chi connectivity index (χ4n) is 2.98. The van der Waals surface area contributed by atoms with Crippen LogP contribution in [-0.2, 0) is 20.8 Å². The molecule has 1 aromatic heterocycles. The SMILES string of the molecule is Cc1noc(C)c1CN1C[C@H](COCC(=O)N(C)C)OC(C)(C)C1. The average Bonchev–Trinajstić information content (AvgIpc) is 2.77. The second-order valence-corrected chi connectivity index (χ2v) is 7.28. The molecule has 1 aliphatic heterocycles. The van der Waals surface area contributed by atoms with Crippen LogP contribution in [0.5, 0.6) is 0 Å². The van der Waals surface area contributed by atoms with Gasteiger partial charge in [-0.15, -0.1) is 0 Å². The first-order valence-corrected chi connectivity index (χ1v) is 8.28. The highest BCUT2D eigenvalue weighted by molar-refractivity contribution is 5.76. The minimum Gasteiger partial charge on any atom is -0.369 e. The van der Waals surface area contributed by atoms with Crippen LogP contribution in [0.2, 0.25) is 0 Å². The van der Waals surface area contributed by atoms with Crippen molar-refractivity contribution in [3.8, 4) is 0 Å².